The number of rotatable bonds is 9. The van der Waals surface area contributed by atoms with Crippen LogP contribution in [0.5, 0.6) is 0 Å². The number of carbonyl (C=O) groups excluding carboxylic acids is 1. The van der Waals surface area contributed by atoms with E-state index in [9.17, 15) is 4.79 Å². The minimum Gasteiger partial charge on any atom is -0.372 e. The highest BCUT2D eigenvalue weighted by molar-refractivity contribution is 7.09. The van der Waals surface area contributed by atoms with Gasteiger partial charge in [-0.2, -0.15) is 0 Å². The summed E-state index contributed by atoms with van der Waals surface area (Å²) in [6.07, 6.45) is 1.63. The van der Waals surface area contributed by atoms with E-state index in [4.69, 9.17) is 9.72 Å². The van der Waals surface area contributed by atoms with Crippen molar-refractivity contribution in [2.75, 3.05) is 46.4 Å². The lowest BCUT2D eigenvalue weighted by Gasteiger charge is -2.34. The minimum atomic E-state index is 0.0702. The Morgan fingerprint density at radius 3 is 2.83 bits per heavy atom. The number of nitrogens with zero attached hydrogens (tertiary/aromatic N) is 3. The zero-order chi connectivity index (χ0) is 17.4. The van der Waals surface area contributed by atoms with Crippen molar-refractivity contribution in [3.63, 3.8) is 0 Å². The van der Waals surface area contributed by atoms with E-state index in [1.54, 1.807) is 11.3 Å². The zero-order valence-electron chi connectivity index (χ0n) is 15.1. The van der Waals surface area contributed by atoms with Crippen LogP contribution in [-0.4, -0.2) is 67.1 Å². The number of carbonyl (C=O) groups is 1. The van der Waals surface area contributed by atoms with Gasteiger partial charge in [-0.25, -0.2) is 4.98 Å². The van der Waals surface area contributed by atoms with E-state index in [-0.39, 0.29) is 12.0 Å². The van der Waals surface area contributed by atoms with E-state index in [2.05, 4.69) is 15.6 Å². The Bertz CT molecular complexity index is 501. The van der Waals surface area contributed by atoms with E-state index >= 15 is 0 Å². The monoisotopic (exact) mass is 354 g/mol. The summed E-state index contributed by atoms with van der Waals surface area (Å²) in [7, 11) is 1.92. The molecule has 6 nitrogen and oxygen atoms in total. The summed E-state index contributed by atoms with van der Waals surface area (Å²) in [6.45, 7) is 10.0. The predicted octanol–water partition coefficient (Wildman–Crippen LogP) is 1.88. The largest absolute Gasteiger partial charge is 0.372 e. The summed E-state index contributed by atoms with van der Waals surface area (Å²) < 4.78 is 5.60. The van der Waals surface area contributed by atoms with Gasteiger partial charge in [0.25, 0.3) is 0 Å². The summed E-state index contributed by atoms with van der Waals surface area (Å²) in [5.74, 6) is 0.284. The number of nitrogens with one attached hydrogen (secondary N) is 1. The van der Waals surface area contributed by atoms with Crippen molar-refractivity contribution in [2.24, 2.45) is 0 Å². The van der Waals surface area contributed by atoms with Gasteiger partial charge in [0.1, 0.15) is 11.1 Å². The van der Waals surface area contributed by atoms with Gasteiger partial charge >= 0.3 is 0 Å². The maximum absolute atomic E-state index is 12.1. The predicted molar refractivity (Wildman–Crippen MR) is 97.2 cm³/mol. The Morgan fingerprint density at radius 2 is 2.17 bits per heavy atom. The Kier molecular flexibility index (Phi) is 8.11. The summed E-state index contributed by atoms with van der Waals surface area (Å²) in [6, 6.07) is 0. The van der Waals surface area contributed by atoms with Gasteiger partial charge in [0.05, 0.1) is 5.69 Å². The first-order valence-corrected chi connectivity index (χ1v) is 9.72. The third-order valence-electron chi connectivity index (χ3n) is 4.26. The molecule has 2 rings (SSSR count). The second-order valence-electron chi connectivity index (χ2n) is 6.14. The average Bonchev–Trinajstić information content (AvgIpc) is 3.04. The highest BCUT2D eigenvalue weighted by Crippen LogP contribution is 2.22. The van der Waals surface area contributed by atoms with Crippen LogP contribution in [0.2, 0.25) is 0 Å². The van der Waals surface area contributed by atoms with Crippen molar-refractivity contribution < 1.29 is 9.53 Å². The molecule has 1 atom stereocenters. The van der Waals surface area contributed by atoms with Gasteiger partial charge in [0.15, 0.2) is 0 Å². The molecule has 1 aromatic heterocycles. The molecule has 0 radical (unpaired) electrons. The highest BCUT2D eigenvalue weighted by atomic mass is 32.1. The summed E-state index contributed by atoms with van der Waals surface area (Å²) in [5, 5.41) is 6.26. The second-order valence-corrected chi connectivity index (χ2v) is 7.03. The topological polar surface area (TPSA) is 57.7 Å². The lowest BCUT2D eigenvalue weighted by molar-refractivity contribution is -0.133. The minimum absolute atomic E-state index is 0.0702. The van der Waals surface area contributed by atoms with Crippen molar-refractivity contribution in [2.45, 2.75) is 39.3 Å². The fourth-order valence-electron chi connectivity index (χ4n) is 2.86. The molecule has 1 N–H and O–H groups in total. The summed E-state index contributed by atoms with van der Waals surface area (Å²) >= 11 is 1.67. The van der Waals surface area contributed by atoms with Crippen molar-refractivity contribution in [1.29, 1.82) is 0 Å². The van der Waals surface area contributed by atoms with Crippen molar-refractivity contribution in [3.8, 4) is 0 Å². The summed E-state index contributed by atoms with van der Waals surface area (Å²) in [4.78, 5) is 21.2. The maximum Gasteiger partial charge on any atom is 0.222 e. The van der Waals surface area contributed by atoms with E-state index in [1.807, 2.05) is 25.8 Å². The van der Waals surface area contributed by atoms with Crippen molar-refractivity contribution in [3.05, 3.63) is 16.1 Å². The molecule has 0 aromatic carbocycles. The number of piperazine rings is 1. The molecule has 1 aliphatic rings. The molecule has 136 valence electrons. The Morgan fingerprint density at radius 1 is 1.42 bits per heavy atom. The normalized spacial score (nSPS) is 17.2. The van der Waals surface area contributed by atoms with Gasteiger partial charge in [-0.1, -0.05) is 0 Å². The van der Waals surface area contributed by atoms with Crippen LogP contribution in [-0.2, 0) is 16.1 Å². The molecule has 1 aromatic rings. The standard InChI is InChI=1S/C17H30N4O2S/c1-4-23-14(2)17-19-15(13-24-17)12-20-8-10-21(11-9-20)16(22)6-5-7-18-3/h13-14,18H,4-12H2,1-3H3. The van der Waals surface area contributed by atoms with Crippen LogP contribution in [0.15, 0.2) is 5.38 Å². The van der Waals surface area contributed by atoms with E-state index < -0.39 is 0 Å². The van der Waals surface area contributed by atoms with E-state index in [1.165, 1.54) is 0 Å². The molecule has 1 amide bonds. The van der Waals surface area contributed by atoms with Gasteiger partial charge in [0, 0.05) is 51.1 Å². The third-order valence-corrected chi connectivity index (χ3v) is 5.32. The van der Waals surface area contributed by atoms with Gasteiger partial charge in [-0.15, -0.1) is 11.3 Å². The maximum atomic E-state index is 12.1. The fourth-order valence-corrected chi connectivity index (χ4v) is 3.68. The SMILES string of the molecule is CCOC(C)c1nc(CN2CCN(C(=O)CCCNC)CC2)cs1. The van der Waals surface area contributed by atoms with E-state index in [0.29, 0.717) is 13.0 Å². The molecule has 0 bridgehead atoms. The Labute approximate surface area is 149 Å². The van der Waals surface area contributed by atoms with Crippen molar-refractivity contribution in [1.82, 2.24) is 20.1 Å². The lowest BCUT2D eigenvalue weighted by atomic mass is 10.2. The van der Waals surface area contributed by atoms with Crippen LogP contribution in [0.25, 0.3) is 0 Å². The summed E-state index contributed by atoms with van der Waals surface area (Å²) in [5.41, 5.74) is 1.11. The molecule has 0 saturated carbocycles. The molecule has 1 fully saturated rings. The number of thiazole rings is 1. The first-order valence-electron chi connectivity index (χ1n) is 8.84. The van der Waals surface area contributed by atoms with Gasteiger partial charge in [0.2, 0.25) is 5.91 Å². The average molecular weight is 355 g/mol. The molecule has 7 heteroatoms. The molecule has 1 saturated heterocycles. The molecule has 1 aliphatic heterocycles. The fraction of sp³-hybridized carbons (Fsp3) is 0.765. The molecule has 0 spiro atoms. The number of amides is 1. The smallest absolute Gasteiger partial charge is 0.222 e. The first kappa shape index (κ1) is 19.3. The molecule has 0 aliphatic carbocycles. The van der Waals surface area contributed by atoms with Crippen molar-refractivity contribution >= 4 is 17.2 Å². The zero-order valence-corrected chi connectivity index (χ0v) is 15.9. The molecule has 2 heterocycles. The van der Waals surface area contributed by atoms with Crippen LogP contribution in [0.3, 0.4) is 0 Å². The number of ether oxygens (including phenoxy) is 1. The van der Waals surface area contributed by atoms with Crippen LogP contribution < -0.4 is 5.32 Å². The van der Waals surface area contributed by atoms with Crippen LogP contribution in [0.4, 0.5) is 0 Å². The van der Waals surface area contributed by atoms with Gasteiger partial charge < -0.3 is 15.0 Å². The Hall–Kier alpha value is -1.02. The molecular weight excluding hydrogens is 324 g/mol. The number of hydrogen-bond acceptors (Lipinski definition) is 6. The number of aromatic nitrogens is 1. The highest BCUT2D eigenvalue weighted by Gasteiger charge is 2.21. The lowest BCUT2D eigenvalue weighted by Crippen LogP contribution is -2.48. The van der Waals surface area contributed by atoms with Gasteiger partial charge in [-0.05, 0) is 33.9 Å². The Balaban J connectivity index is 1.74. The molecule has 24 heavy (non-hydrogen) atoms. The van der Waals surface area contributed by atoms with E-state index in [0.717, 1.165) is 56.4 Å². The third kappa shape index (κ3) is 5.81. The van der Waals surface area contributed by atoms with Crippen LogP contribution in [0.1, 0.15) is 43.5 Å². The molecular formula is C17H30N4O2S. The van der Waals surface area contributed by atoms with Crippen LogP contribution in [0, 0.1) is 0 Å². The second kappa shape index (κ2) is 10.1. The quantitative estimate of drug-likeness (QED) is 0.686. The van der Waals surface area contributed by atoms with Gasteiger partial charge in [-0.3, -0.25) is 9.69 Å². The van der Waals surface area contributed by atoms with Crippen LogP contribution >= 0.6 is 11.3 Å². The molecule has 1 unspecified atom stereocenters. The number of hydrogen-bond donors (Lipinski definition) is 1. The first-order chi connectivity index (χ1) is 11.6.